The van der Waals surface area contributed by atoms with Gasteiger partial charge in [-0.1, -0.05) is 22.6 Å². The summed E-state index contributed by atoms with van der Waals surface area (Å²) in [5.41, 5.74) is 0. The maximum atomic E-state index is 11.4. The number of carboxylic acids is 1. The normalized spacial score (nSPS) is 28.9. The molecule has 4 aliphatic heterocycles. The van der Waals surface area contributed by atoms with E-state index in [1.165, 1.54) is 24.2 Å². The van der Waals surface area contributed by atoms with Gasteiger partial charge in [0.15, 0.2) is 18.5 Å². The standard InChI is InChI=1S/C9H11NO5.C8H9NO5.CH3I.Na/c1-14-9(13)8-5(2-3-11)15-7-4-6(12)10(7)8;10-2-1-4-7(8(12)13)9-5(11)3-6(9)14-4;1-2;/h2,7-8,11H,3-4H2,1H3;1,6-7,10H,2-3H2,(H,12,13);1H3;/q;;;+1/p-1/b5-2-;4-1-;;. The predicted octanol–water partition coefficient (Wildman–Crippen LogP) is -5.38. The molecule has 2 N–H and O–H groups in total. The van der Waals surface area contributed by atoms with Gasteiger partial charge in [0.05, 0.1) is 39.1 Å². The Kier molecular flexibility index (Phi) is 11.4. The number of carboxylic acid groups (broad SMARTS) is 1. The van der Waals surface area contributed by atoms with Gasteiger partial charge in [-0.15, -0.1) is 0 Å². The summed E-state index contributed by atoms with van der Waals surface area (Å²) in [7, 11) is 1.25. The Morgan fingerprint density at radius 1 is 1.03 bits per heavy atom. The molecule has 4 heterocycles. The number of carbonyl (C=O) groups excluding carboxylic acids is 4. The van der Waals surface area contributed by atoms with E-state index in [1.54, 1.807) is 0 Å². The van der Waals surface area contributed by atoms with Gasteiger partial charge in [0, 0.05) is 0 Å². The summed E-state index contributed by atoms with van der Waals surface area (Å²) in [4.78, 5) is 48.8. The number of β-lactam (4-membered cyclic amide) rings is 2. The molecule has 14 heteroatoms. The molecule has 0 aromatic rings. The van der Waals surface area contributed by atoms with Crippen LogP contribution in [0.1, 0.15) is 12.8 Å². The van der Waals surface area contributed by atoms with E-state index in [-0.39, 0.29) is 79.4 Å². The quantitative estimate of drug-likeness (QED) is 0.109. The number of aliphatic hydroxyl groups excluding tert-OH is 2. The minimum absolute atomic E-state index is 0. The fourth-order valence-corrected chi connectivity index (χ4v) is 3.41. The molecule has 2 amide bonds. The summed E-state index contributed by atoms with van der Waals surface area (Å²) in [5.74, 6) is -1.98. The Morgan fingerprint density at radius 2 is 1.44 bits per heavy atom. The van der Waals surface area contributed by atoms with Gasteiger partial charge < -0.3 is 34.3 Å². The number of methoxy groups -OCH3 is 1. The molecule has 0 spiro atoms. The van der Waals surface area contributed by atoms with Crippen molar-refractivity contribution in [2.45, 2.75) is 37.4 Å². The van der Waals surface area contributed by atoms with Crippen LogP contribution in [0, 0.1) is 0 Å². The molecule has 4 unspecified atom stereocenters. The Labute approximate surface area is 219 Å². The number of alkyl halides is 1. The van der Waals surface area contributed by atoms with Gasteiger partial charge in [0.1, 0.15) is 17.6 Å². The fourth-order valence-electron chi connectivity index (χ4n) is 3.41. The second-order valence-electron chi connectivity index (χ2n) is 6.38. The van der Waals surface area contributed by atoms with Crippen LogP contribution in [0.4, 0.5) is 0 Å². The summed E-state index contributed by atoms with van der Waals surface area (Å²) in [6.07, 6.45) is 2.19. The summed E-state index contributed by atoms with van der Waals surface area (Å²) in [6, 6.07) is -2.00. The zero-order valence-electron chi connectivity index (χ0n) is 17.7. The smallest absolute Gasteiger partial charge is 0.547 e. The number of aliphatic carboxylic acids is 1. The number of ether oxygens (including phenoxy) is 3. The molecular weight excluding hydrogens is 554 g/mol. The number of aliphatic hydroxyl groups is 2. The maximum Gasteiger partial charge on any atom is 1.00 e. The second kappa shape index (κ2) is 12.7. The van der Waals surface area contributed by atoms with E-state index in [1.807, 2.05) is 4.93 Å². The van der Waals surface area contributed by atoms with Crippen molar-refractivity contribution in [1.82, 2.24) is 9.80 Å². The number of carbonyl (C=O) groups is 4. The Bertz CT molecular complexity index is 805. The zero-order valence-corrected chi connectivity index (χ0v) is 21.9. The third-order valence-corrected chi connectivity index (χ3v) is 4.77. The van der Waals surface area contributed by atoms with Gasteiger partial charge in [-0.2, -0.15) is 0 Å². The van der Waals surface area contributed by atoms with Crippen LogP contribution in [-0.4, -0.2) is 93.6 Å². The first kappa shape index (κ1) is 28.6. The molecule has 0 aliphatic carbocycles. The van der Waals surface area contributed by atoms with E-state index in [2.05, 4.69) is 27.3 Å². The van der Waals surface area contributed by atoms with Crippen LogP contribution in [0.25, 0.3) is 0 Å². The van der Waals surface area contributed by atoms with Crippen molar-refractivity contribution in [3.8, 4) is 0 Å². The van der Waals surface area contributed by atoms with Crippen LogP contribution in [0.15, 0.2) is 23.7 Å². The molecule has 0 saturated carbocycles. The summed E-state index contributed by atoms with van der Waals surface area (Å²) >= 11 is 2.15. The molecule has 4 saturated heterocycles. The number of halogens is 1. The average Bonchev–Trinajstić information content (AvgIpc) is 3.21. The molecule has 172 valence electrons. The van der Waals surface area contributed by atoms with E-state index in [0.29, 0.717) is 5.76 Å². The molecule has 0 aromatic heterocycles. The summed E-state index contributed by atoms with van der Waals surface area (Å²) in [5, 5.41) is 28.1. The summed E-state index contributed by atoms with van der Waals surface area (Å²) < 4.78 is 15.0. The first-order valence-electron chi connectivity index (χ1n) is 9.08. The van der Waals surface area contributed by atoms with Crippen LogP contribution in [0.2, 0.25) is 0 Å². The minimum atomic E-state index is -1.39. The van der Waals surface area contributed by atoms with Crippen molar-refractivity contribution in [2.75, 3.05) is 25.3 Å². The van der Waals surface area contributed by atoms with E-state index < -0.39 is 30.3 Å². The average molecular weight is 576 g/mol. The summed E-state index contributed by atoms with van der Waals surface area (Å²) in [6.45, 7) is -0.564. The van der Waals surface area contributed by atoms with E-state index >= 15 is 0 Å². The van der Waals surface area contributed by atoms with Crippen LogP contribution >= 0.6 is 22.6 Å². The van der Waals surface area contributed by atoms with Gasteiger partial charge in [-0.3, -0.25) is 19.4 Å². The number of hydrogen-bond donors (Lipinski definition) is 2. The van der Waals surface area contributed by atoms with Gasteiger partial charge >= 0.3 is 35.5 Å². The molecule has 0 bridgehead atoms. The van der Waals surface area contributed by atoms with Crippen LogP contribution in [0.5, 0.6) is 0 Å². The monoisotopic (exact) mass is 576 g/mol. The number of amides is 2. The van der Waals surface area contributed by atoms with Gasteiger partial charge in [-0.05, 0) is 17.1 Å². The van der Waals surface area contributed by atoms with E-state index in [9.17, 15) is 24.3 Å². The topological polar surface area (TPSA) is 166 Å². The second-order valence-corrected chi connectivity index (χ2v) is 6.38. The van der Waals surface area contributed by atoms with Crippen molar-refractivity contribution in [3.05, 3.63) is 23.7 Å². The Hall–Kier alpha value is -1.39. The first-order chi connectivity index (χ1) is 14.8. The van der Waals surface area contributed by atoms with Gasteiger partial charge in [-0.25, -0.2) is 4.79 Å². The molecule has 32 heavy (non-hydrogen) atoms. The molecule has 4 aliphatic rings. The molecular formula is C18H22IN2NaO10. The largest absolute Gasteiger partial charge is 1.00 e. The fraction of sp³-hybridized carbons (Fsp3) is 0.556. The number of rotatable bonds is 4. The van der Waals surface area contributed by atoms with Crippen molar-refractivity contribution >= 4 is 46.3 Å². The zero-order chi connectivity index (χ0) is 23.3. The molecule has 4 fully saturated rings. The van der Waals surface area contributed by atoms with E-state index in [0.717, 1.165) is 4.90 Å². The van der Waals surface area contributed by atoms with E-state index in [4.69, 9.17) is 19.7 Å². The number of esters is 1. The number of nitrogens with zero attached hydrogens (tertiary/aromatic N) is 2. The van der Waals surface area contributed by atoms with Crippen molar-refractivity contribution < 1.29 is 78.3 Å². The third-order valence-electron chi connectivity index (χ3n) is 4.77. The molecule has 4 rings (SSSR count). The number of hydrogen-bond acceptors (Lipinski definition) is 10. The van der Waals surface area contributed by atoms with Crippen molar-refractivity contribution in [1.29, 1.82) is 0 Å². The molecule has 12 nitrogen and oxygen atoms in total. The molecule has 0 radical (unpaired) electrons. The first-order valence-corrected chi connectivity index (χ1v) is 11.2. The maximum absolute atomic E-state index is 11.4. The van der Waals surface area contributed by atoms with Crippen LogP contribution in [0.3, 0.4) is 0 Å². The minimum Gasteiger partial charge on any atom is -0.547 e. The van der Waals surface area contributed by atoms with Crippen LogP contribution in [-0.2, 0) is 33.4 Å². The Balaban J connectivity index is 0.000000289. The SMILES string of the molecule is CI.COC(=O)C1/C(=C/CO)OC2CC(=O)N21.O=C([O-])C1/C(=C/CO)OC2CC(=O)N21.[Na+]. The number of fused-ring (bicyclic) bond motifs is 2. The molecule has 0 aromatic carbocycles. The van der Waals surface area contributed by atoms with Crippen molar-refractivity contribution in [2.24, 2.45) is 0 Å². The molecule has 4 atom stereocenters. The van der Waals surface area contributed by atoms with Gasteiger partial charge in [0.25, 0.3) is 0 Å². The Morgan fingerprint density at radius 3 is 1.78 bits per heavy atom. The van der Waals surface area contributed by atoms with Crippen molar-refractivity contribution in [3.63, 3.8) is 0 Å². The third kappa shape index (κ3) is 5.56. The van der Waals surface area contributed by atoms with Crippen LogP contribution < -0.4 is 34.7 Å². The van der Waals surface area contributed by atoms with Gasteiger partial charge in [0.2, 0.25) is 11.8 Å². The predicted molar refractivity (Wildman–Crippen MR) is 108 cm³/mol.